The lowest BCUT2D eigenvalue weighted by molar-refractivity contribution is 0.414. The Morgan fingerprint density at radius 1 is 1.19 bits per heavy atom. The Bertz CT molecular complexity index is 586. The molecule has 2 aromatic carbocycles. The highest BCUT2D eigenvalue weighted by molar-refractivity contribution is 5.46. The van der Waals surface area contributed by atoms with Crippen molar-refractivity contribution in [2.24, 2.45) is 5.73 Å². The van der Waals surface area contributed by atoms with Gasteiger partial charge in [-0.3, -0.25) is 0 Å². The van der Waals surface area contributed by atoms with E-state index in [4.69, 9.17) is 10.5 Å². The first-order chi connectivity index (χ1) is 10.0. The summed E-state index contributed by atoms with van der Waals surface area (Å²) in [6.07, 6.45) is 0.740. The Morgan fingerprint density at radius 2 is 1.90 bits per heavy atom. The van der Waals surface area contributed by atoms with Gasteiger partial charge in [-0.05, 0) is 49.2 Å². The van der Waals surface area contributed by atoms with Gasteiger partial charge in [0.25, 0.3) is 0 Å². The monoisotopic (exact) mass is 288 g/mol. The smallest absolute Gasteiger partial charge is 0.125 e. The van der Waals surface area contributed by atoms with Gasteiger partial charge in [-0.2, -0.15) is 0 Å². The third-order valence-corrected chi connectivity index (χ3v) is 3.47. The number of benzene rings is 2. The van der Waals surface area contributed by atoms with Crippen molar-refractivity contribution in [2.75, 3.05) is 19.0 Å². The highest BCUT2D eigenvalue weighted by Gasteiger charge is 2.23. The fourth-order valence-electron chi connectivity index (χ4n) is 2.28. The number of hydrogen-bond acceptors (Lipinski definition) is 3. The second-order valence-corrected chi connectivity index (χ2v) is 5.42. The van der Waals surface area contributed by atoms with Gasteiger partial charge in [-0.25, -0.2) is 4.39 Å². The van der Waals surface area contributed by atoms with Crippen LogP contribution in [0.25, 0.3) is 0 Å². The van der Waals surface area contributed by atoms with E-state index in [1.807, 2.05) is 37.3 Å². The van der Waals surface area contributed by atoms with Crippen LogP contribution in [-0.4, -0.2) is 19.2 Å². The number of nitrogens with two attached hydrogens (primary N) is 1. The quantitative estimate of drug-likeness (QED) is 0.858. The van der Waals surface area contributed by atoms with Crippen molar-refractivity contribution in [3.05, 3.63) is 59.9 Å². The molecule has 2 aromatic rings. The number of hydrogen-bond donors (Lipinski definition) is 2. The molecule has 0 heterocycles. The Morgan fingerprint density at radius 3 is 2.48 bits per heavy atom. The van der Waals surface area contributed by atoms with Gasteiger partial charge >= 0.3 is 0 Å². The van der Waals surface area contributed by atoms with Crippen LogP contribution in [0.1, 0.15) is 12.5 Å². The van der Waals surface area contributed by atoms with E-state index < -0.39 is 0 Å². The molecule has 0 aromatic heterocycles. The molecule has 0 spiro atoms. The third-order valence-electron chi connectivity index (χ3n) is 3.47. The van der Waals surface area contributed by atoms with Crippen molar-refractivity contribution in [3.63, 3.8) is 0 Å². The zero-order valence-electron chi connectivity index (χ0n) is 12.4. The Balaban J connectivity index is 2.12. The molecule has 0 aliphatic carbocycles. The number of halogens is 1. The lowest BCUT2D eigenvalue weighted by atomic mass is 9.92. The number of methoxy groups -OCH3 is 1. The molecule has 21 heavy (non-hydrogen) atoms. The van der Waals surface area contributed by atoms with Gasteiger partial charge in [0.15, 0.2) is 0 Å². The summed E-state index contributed by atoms with van der Waals surface area (Å²) in [6.45, 7) is 2.47. The van der Waals surface area contributed by atoms with Crippen LogP contribution in [0.3, 0.4) is 0 Å². The summed E-state index contributed by atoms with van der Waals surface area (Å²) >= 11 is 0. The summed E-state index contributed by atoms with van der Waals surface area (Å²) in [5, 5.41) is 3.33. The molecule has 0 aliphatic heterocycles. The number of nitrogens with one attached hydrogen (secondary N) is 1. The van der Waals surface area contributed by atoms with Gasteiger partial charge in [-0.15, -0.1) is 0 Å². The first-order valence-corrected chi connectivity index (χ1v) is 6.91. The lowest BCUT2D eigenvalue weighted by Crippen LogP contribution is -2.44. The van der Waals surface area contributed by atoms with E-state index in [-0.39, 0.29) is 11.4 Å². The first-order valence-electron chi connectivity index (χ1n) is 6.91. The maximum Gasteiger partial charge on any atom is 0.125 e. The topological polar surface area (TPSA) is 47.3 Å². The maximum atomic E-state index is 13.3. The van der Waals surface area contributed by atoms with E-state index in [1.165, 1.54) is 12.1 Å². The summed E-state index contributed by atoms with van der Waals surface area (Å²) in [4.78, 5) is 0. The van der Waals surface area contributed by atoms with Crippen LogP contribution < -0.4 is 15.8 Å². The number of ether oxygens (including phenoxy) is 1. The van der Waals surface area contributed by atoms with Crippen LogP contribution >= 0.6 is 0 Å². The van der Waals surface area contributed by atoms with Gasteiger partial charge in [0.05, 0.1) is 12.6 Å². The second kappa shape index (κ2) is 6.59. The average Bonchev–Trinajstić information content (AvgIpc) is 2.48. The Kier molecular flexibility index (Phi) is 4.81. The average molecular weight is 288 g/mol. The van der Waals surface area contributed by atoms with E-state index in [0.29, 0.717) is 6.54 Å². The fourth-order valence-corrected chi connectivity index (χ4v) is 2.28. The van der Waals surface area contributed by atoms with E-state index >= 15 is 0 Å². The van der Waals surface area contributed by atoms with E-state index in [1.54, 1.807) is 13.2 Å². The van der Waals surface area contributed by atoms with E-state index in [2.05, 4.69) is 5.32 Å². The maximum absolute atomic E-state index is 13.3. The third kappa shape index (κ3) is 4.20. The van der Waals surface area contributed by atoms with Crippen molar-refractivity contribution in [3.8, 4) is 5.75 Å². The Labute approximate surface area is 124 Å². The molecule has 0 radical (unpaired) electrons. The predicted molar refractivity (Wildman–Crippen MR) is 84.2 cm³/mol. The first kappa shape index (κ1) is 15.3. The Hall–Kier alpha value is -2.07. The minimum absolute atomic E-state index is 0.260. The summed E-state index contributed by atoms with van der Waals surface area (Å²) < 4.78 is 18.4. The van der Waals surface area contributed by atoms with Crippen LogP contribution in [0.15, 0.2) is 48.5 Å². The van der Waals surface area contributed by atoms with Gasteiger partial charge in [0.2, 0.25) is 0 Å². The summed E-state index contributed by atoms with van der Waals surface area (Å²) in [7, 11) is 1.64. The van der Waals surface area contributed by atoms with Crippen molar-refractivity contribution in [2.45, 2.75) is 18.9 Å². The molecule has 0 saturated carbocycles. The van der Waals surface area contributed by atoms with Gasteiger partial charge in [0.1, 0.15) is 11.6 Å². The normalized spacial score (nSPS) is 13.5. The second-order valence-electron chi connectivity index (χ2n) is 5.42. The zero-order chi connectivity index (χ0) is 15.3. The zero-order valence-corrected chi connectivity index (χ0v) is 12.4. The molecule has 0 bridgehead atoms. The van der Waals surface area contributed by atoms with Crippen LogP contribution in [0.4, 0.5) is 10.1 Å². The van der Waals surface area contributed by atoms with Crippen LogP contribution in [0.2, 0.25) is 0 Å². The van der Waals surface area contributed by atoms with Crippen molar-refractivity contribution >= 4 is 5.69 Å². The minimum atomic E-state index is -0.345. The number of rotatable bonds is 6. The molecule has 0 amide bonds. The molecule has 0 saturated heterocycles. The molecule has 0 fully saturated rings. The molecule has 3 nitrogen and oxygen atoms in total. The summed E-state index contributed by atoms with van der Waals surface area (Å²) in [6, 6.07) is 14.3. The van der Waals surface area contributed by atoms with Crippen molar-refractivity contribution in [1.29, 1.82) is 0 Å². The summed E-state index contributed by atoms with van der Waals surface area (Å²) in [5.74, 6) is 0.565. The number of anilines is 1. The lowest BCUT2D eigenvalue weighted by Gasteiger charge is -2.31. The molecule has 1 atom stereocenters. The van der Waals surface area contributed by atoms with E-state index in [0.717, 1.165) is 23.4 Å². The molecule has 3 N–H and O–H groups in total. The van der Waals surface area contributed by atoms with E-state index in [9.17, 15) is 4.39 Å². The van der Waals surface area contributed by atoms with Gasteiger partial charge in [-0.1, -0.05) is 18.2 Å². The highest BCUT2D eigenvalue weighted by Crippen LogP contribution is 2.21. The van der Waals surface area contributed by atoms with Crippen LogP contribution in [0, 0.1) is 5.82 Å². The minimum Gasteiger partial charge on any atom is -0.497 e. The fraction of sp³-hybridized carbons (Fsp3) is 0.294. The molecule has 2 rings (SSSR count). The van der Waals surface area contributed by atoms with Gasteiger partial charge < -0.3 is 15.8 Å². The highest BCUT2D eigenvalue weighted by atomic mass is 19.1. The van der Waals surface area contributed by atoms with Crippen molar-refractivity contribution in [1.82, 2.24) is 0 Å². The largest absolute Gasteiger partial charge is 0.497 e. The molecular formula is C17H21FN2O. The molecular weight excluding hydrogens is 267 g/mol. The summed E-state index contributed by atoms with van der Waals surface area (Å²) in [5.41, 5.74) is 7.45. The van der Waals surface area contributed by atoms with Crippen LogP contribution in [0.5, 0.6) is 5.75 Å². The SMILES string of the molecule is COc1ccc(CC(C)(CN)Nc2cccc(F)c2)cc1. The predicted octanol–water partition coefficient (Wildman–Crippen LogP) is 3.21. The molecule has 112 valence electrons. The standard InChI is InChI=1S/C17H21FN2O/c1-17(12-19,20-15-5-3-4-14(18)10-15)11-13-6-8-16(21-2)9-7-13/h3-10,20H,11-12,19H2,1-2H3. The molecule has 1 unspecified atom stereocenters. The van der Waals surface area contributed by atoms with Crippen molar-refractivity contribution < 1.29 is 9.13 Å². The molecule has 0 aliphatic rings. The van der Waals surface area contributed by atoms with Gasteiger partial charge in [0, 0.05) is 12.2 Å². The van der Waals surface area contributed by atoms with Crippen LogP contribution in [-0.2, 0) is 6.42 Å². The molecule has 4 heteroatoms.